The lowest BCUT2D eigenvalue weighted by Crippen LogP contribution is -2.56. The van der Waals surface area contributed by atoms with Gasteiger partial charge >= 0.3 is 0 Å². The quantitative estimate of drug-likeness (QED) is 0.676. The maximum absolute atomic E-state index is 12.8. The summed E-state index contributed by atoms with van der Waals surface area (Å²) in [4.78, 5) is 25.7. The van der Waals surface area contributed by atoms with Crippen molar-refractivity contribution < 1.29 is 9.72 Å². The molecule has 3 fully saturated rings. The van der Waals surface area contributed by atoms with Crippen molar-refractivity contribution in [2.45, 2.75) is 25.4 Å². The fourth-order valence-corrected chi connectivity index (χ4v) is 4.15. The Balaban J connectivity index is 1.54. The number of fused-ring (bicyclic) bond motifs is 3. The average molecular weight is 354 g/mol. The SMILES string of the molecule is Cn1c(C(=O)NC2CC3CCN2CC3)ccc1-c1cccc([N+](=O)[O-])c1. The number of nitrogens with one attached hydrogen (secondary N) is 1. The Hall–Kier alpha value is -2.67. The standard InChI is InChI=1S/C19H22N4O3/c1-21-16(14-3-2-4-15(12-14)23(25)26)5-6-17(21)19(24)20-18-11-13-7-9-22(18)10-8-13/h2-6,12-13,18H,7-11H2,1H3,(H,20,24). The first-order chi connectivity index (χ1) is 12.5. The highest BCUT2D eigenvalue weighted by Crippen LogP contribution is 2.31. The second kappa shape index (κ2) is 6.57. The van der Waals surface area contributed by atoms with Crippen molar-refractivity contribution in [1.82, 2.24) is 14.8 Å². The van der Waals surface area contributed by atoms with E-state index in [2.05, 4.69) is 10.2 Å². The molecule has 3 saturated heterocycles. The molecule has 1 aromatic carbocycles. The van der Waals surface area contributed by atoms with E-state index in [-0.39, 0.29) is 17.8 Å². The Labute approximate surface area is 151 Å². The number of rotatable bonds is 4. The van der Waals surface area contributed by atoms with E-state index in [1.807, 2.05) is 19.2 Å². The molecule has 0 aliphatic carbocycles. The monoisotopic (exact) mass is 354 g/mol. The Morgan fingerprint density at radius 3 is 2.65 bits per heavy atom. The van der Waals surface area contributed by atoms with Crippen molar-refractivity contribution in [2.24, 2.45) is 13.0 Å². The van der Waals surface area contributed by atoms with E-state index in [0.717, 1.165) is 36.7 Å². The molecule has 0 spiro atoms. The molecular weight excluding hydrogens is 332 g/mol. The van der Waals surface area contributed by atoms with Crippen LogP contribution in [-0.2, 0) is 7.05 Å². The fourth-order valence-electron chi connectivity index (χ4n) is 4.15. The zero-order valence-corrected chi connectivity index (χ0v) is 14.7. The number of nitro benzene ring substituents is 1. The minimum Gasteiger partial charge on any atom is -0.340 e. The highest BCUT2D eigenvalue weighted by atomic mass is 16.6. The molecule has 1 N–H and O–H groups in total. The predicted molar refractivity (Wildman–Crippen MR) is 97.7 cm³/mol. The third kappa shape index (κ3) is 2.99. The topological polar surface area (TPSA) is 80.4 Å². The molecule has 0 saturated carbocycles. The van der Waals surface area contributed by atoms with E-state index in [1.54, 1.807) is 16.7 Å². The van der Waals surface area contributed by atoms with Crippen LogP contribution in [0.2, 0.25) is 0 Å². The van der Waals surface area contributed by atoms with Gasteiger partial charge in [-0.15, -0.1) is 0 Å². The number of amides is 1. The first-order valence-corrected chi connectivity index (χ1v) is 8.98. The number of carbonyl (C=O) groups is 1. The van der Waals surface area contributed by atoms with Crippen molar-refractivity contribution in [3.05, 3.63) is 52.2 Å². The van der Waals surface area contributed by atoms with Crippen molar-refractivity contribution in [3.63, 3.8) is 0 Å². The van der Waals surface area contributed by atoms with Gasteiger partial charge in [0.05, 0.1) is 11.1 Å². The molecule has 3 aliphatic rings. The fraction of sp³-hybridized carbons (Fsp3) is 0.421. The van der Waals surface area contributed by atoms with Crippen LogP contribution in [-0.4, -0.2) is 39.6 Å². The predicted octanol–water partition coefficient (Wildman–Crippen LogP) is 2.77. The molecule has 2 aromatic rings. The molecule has 0 radical (unpaired) electrons. The number of nitrogens with zero attached hydrogens (tertiary/aromatic N) is 3. The second-order valence-corrected chi connectivity index (χ2v) is 7.17. The van der Waals surface area contributed by atoms with Gasteiger partial charge in [-0.25, -0.2) is 0 Å². The number of benzene rings is 1. The number of non-ortho nitro benzene ring substituents is 1. The van der Waals surface area contributed by atoms with Crippen LogP contribution in [0.5, 0.6) is 0 Å². The number of nitro groups is 1. The Morgan fingerprint density at radius 2 is 2.00 bits per heavy atom. The van der Waals surface area contributed by atoms with Gasteiger partial charge in [0, 0.05) is 43.5 Å². The maximum Gasteiger partial charge on any atom is 0.270 e. The summed E-state index contributed by atoms with van der Waals surface area (Å²) in [5.74, 6) is 0.626. The van der Waals surface area contributed by atoms with Crippen LogP contribution in [0.1, 0.15) is 29.8 Å². The van der Waals surface area contributed by atoms with E-state index in [4.69, 9.17) is 0 Å². The lowest BCUT2D eigenvalue weighted by atomic mass is 9.86. The summed E-state index contributed by atoms with van der Waals surface area (Å²) in [6.07, 6.45) is 3.60. The van der Waals surface area contributed by atoms with E-state index >= 15 is 0 Å². The number of aromatic nitrogens is 1. The van der Waals surface area contributed by atoms with Gasteiger partial charge in [-0.1, -0.05) is 12.1 Å². The Kier molecular flexibility index (Phi) is 4.24. The summed E-state index contributed by atoms with van der Waals surface area (Å²) < 4.78 is 1.80. The average Bonchev–Trinajstić information content (AvgIpc) is 3.04. The summed E-state index contributed by atoms with van der Waals surface area (Å²) in [5, 5.41) is 14.2. The van der Waals surface area contributed by atoms with Crippen LogP contribution in [0.4, 0.5) is 5.69 Å². The molecule has 1 unspecified atom stereocenters. The van der Waals surface area contributed by atoms with E-state index in [9.17, 15) is 14.9 Å². The molecular formula is C19H22N4O3. The molecule has 3 aliphatic heterocycles. The minimum atomic E-state index is -0.410. The molecule has 1 amide bonds. The molecule has 4 heterocycles. The zero-order chi connectivity index (χ0) is 18.3. The lowest BCUT2D eigenvalue weighted by Gasteiger charge is -2.45. The Bertz CT molecular complexity index is 852. The van der Waals surface area contributed by atoms with Crippen LogP contribution in [0.3, 0.4) is 0 Å². The van der Waals surface area contributed by atoms with E-state index in [1.165, 1.54) is 25.0 Å². The van der Waals surface area contributed by atoms with Gasteiger partial charge in [-0.2, -0.15) is 0 Å². The molecule has 136 valence electrons. The molecule has 2 bridgehead atoms. The van der Waals surface area contributed by atoms with Gasteiger partial charge in [0.15, 0.2) is 0 Å². The lowest BCUT2D eigenvalue weighted by molar-refractivity contribution is -0.384. The summed E-state index contributed by atoms with van der Waals surface area (Å²) in [6, 6.07) is 10.1. The number of hydrogen-bond acceptors (Lipinski definition) is 4. The molecule has 7 heteroatoms. The van der Waals surface area contributed by atoms with Crippen LogP contribution >= 0.6 is 0 Å². The van der Waals surface area contributed by atoms with Gasteiger partial charge in [0.1, 0.15) is 5.69 Å². The van der Waals surface area contributed by atoms with Gasteiger partial charge in [-0.3, -0.25) is 19.8 Å². The number of piperidine rings is 3. The molecule has 1 aromatic heterocycles. The number of carbonyl (C=O) groups excluding carboxylic acids is 1. The van der Waals surface area contributed by atoms with E-state index < -0.39 is 4.92 Å². The highest BCUT2D eigenvalue weighted by molar-refractivity contribution is 5.94. The summed E-state index contributed by atoms with van der Waals surface area (Å²) >= 11 is 0. The van der Waals surface area contributed by atoms with Crippen LogP contribution in [0.15, 0.2) is 36.4 Å². The van der Waals surface area contributed by atoms with Gasteiger partial charge in [0.2, 0.25) is 0 Å². The first-order valence-electron chi connectivity index (χ1n) is 8.98. The molecule has 1 atom stereocenters. The maximum atomic E-state index is 12.8. The van der Waals surface area contributed by atoms with Crippen LogP contribution in [0, 0.1) is 16.0 Å². The smallest absolute Gasteiger partial charge is 0.270 e. The van der Waals surface area contributed by atoms with Gasteiger partial charge in [0.25, 0.3) is 11.6 Å². The van der Waals surface area contributed by atoms with Gasteiger partial charge < -0.3 is 9.88 Å². The zero-order valence-electron chi connectivity index (χ0n) is 14.7. The van der Waals surface area contributed by atoms with Crippen molar-refractivity contribution in [3.8, 4) is 11.3 Å². The summed E-state index contributed by atoms with van der Waals surface area (Å²) in [6.45, 7) is 2.11. The van der Waals surface area contributed by atoms with Crippen molar-refractivity contribution >= 4 is 11.6 Å². The third-order valence-electron chi connectivity index (χ3n) is 5.65. The van der Waals surface area contributed by atoms with Crippen molar-refractivity contribution in [1.29, 1.82) is 0 Å². The second-order valence-electron chi connectivity index (χ2n) is 7.17. The molecule has 5 rings (SSSR count). The molecule has 7 nitrogen and oxygen atoms in total. The third-order valence-corrected chi connectivity index (χ3v) is 5.65. The van der Waals surface area contributed by atoms with E-state index in [0.29, 0.717) is 5.69 Å². The van der Waals surface area contributed by atoms with Crippen LogP contribution in [0.25, 0.3) is 11.3 Å². The first kappa shape index (κ1) is 16.8. The highest BCUT2D eigenvalue weighted by Gasteiger charge is 2.34. The van der Waals surface area contributed by atoms with Crippen molar-refractivity contribution in [2.75, 3.05) is 13.1 Å². The van der Waals surface area contributed by atoms with Gasteiger partial charge in [-0.05, 0) is 37.3 Å². The minimum absolute atomic E-state index is 0.0423. The summed E-state index contributed by atoms with van der Waals surface area (Å²) in [5.41, 5.74) is 2.11. The normalized spacial score (nSPS) is 24.4. The largest absolute Gasteiger partial charge is 0.340 e. The Morgan fingerprint density at radius 1 is 1.23 bits per heavy atom. The number of hydrogen-bond donors (Lipinski definition) is 1. The molecule has 26 heavy (non-hydrogen) atoms. The van der Waals surface area contributed by atoms with Crippen LogP contribution < -0.4 is 5.32 Å². The summed E-state index contributed by atoms with van der Waals surface area (Å²) in [7, 11) is 1.82.